The molecule has 1 aliphatic carbocycles. The van der Waals surface area contributed by atoms with Crippen LogP contribution in [-0.4, -0.2) is 38.7 Å². The van der Waals surface area contributed by atoms with E-state index in [4.69, 9.17) is 19.5 Å². The van der Waals surface area contributed by atoms with E-state index in [0.717, 1.165) is 70.3 Å². The summed E-state index contributed by atoms with van der Waals surface area (Å²) in [5.41, 5.74) is 5.54. The Morgan fingerprint density at radius 2 is 1.98 bits per heavy atom. The zero-order valence-corrected chi connectivity index (χ0v) is 26.0. The van der Waals surface area contributed by atoms with Crippen molar-refractivity contribution in [3.8, 4) is 17.3 Å². The predicted octanol–water partition coefficient (Wildman–Crippen LogP) is 7.97. The molecule has 1 aliphatic rings. The van der Waals surface area contributed by atoms with Crippen molar-refractivity contribution < 1.29 is 9.53 Å². The highest BCUT2D eigenvalue weighted by Crippen LogP contribution is 2.32. The molecule has 6 rings (SSSR count). The van der Waals surface area contributed by atoms with Crippen LogP contribution in [0.1, 0.15) is 56.6 Å². The van der Waals surface area contributed by atoms with Crippen molar-refractivity contribution in [2.75, 3.05) is 17.7 Å². The molecule has 0 saturated heterocycles. The summed E-state index contributed by atoms with van der Waals surface area (Å²) < 4.78 is 7.38. The van der Waals surface area contributed by atoms with E-state index in [9.17, 15) is 4.79 Å². The summed E-state index contributed by atoms with van der Waals surface area (Å²) in [4.78, 5) is 26.2. The van der Waals surface area contributed by atoms with Crippen LogP contribution in [0.25, 0.3) is 32.5 Å². The van der Waals surface area contributed by atoms with Gasteiger partial charge in [0.1, 0.15) is 5.82 Å². The number of benzene rings is 2. The first-order valence-corrected chi connectivity index (χ1v) is 15.5. The molecule has 1 fully saturated rings. The zero-order chi connectivity index (χ0) is 31.3. The van der Waals surface area contributed by atoms with E-state index in [-0.39, 0.29) is 11.8 Å². The average molecular weight is 601 g/mol. The lowest BCUT2D eigenvalue weighted by atomic mass is 9.88. The van der Waals surface area contributed by atoms with Crippen LogP contribution >= 0.6 is 0 Å². The number of nitrogens with one attached hydrogen (secondary N) is 2. The van der Waals surface area contributed by atoms with Crippen molar-refractivity contribution in [3.63, 3.8) is 0 Å². The normalized spacial score (nSPS) is 16.4. The number of carbonyl (C=O) groups is 1. The van der Waals surface area contributed by atoms with Crippen LogP contribution in [0.5, 0.6) is 0 Å². The lowest BCUT2D eigenvalue weighted by molar-refractivity contribution is -0.111. The molecule has 2 aromatic carbocycles. The average Bonchev–Trinajstić information content (AvgIpc) is 3.51. The lowest BCUT2D eigenvalue weighted by Gasteiger charge is -2.22. The summed E-state index contributed by atoms with van der Waals surface area (Å²) in [5.74, 6) is 1.74. The van der Waals surface area contributed by atoms with E-state index < -0.39 is 0 Å². The Hall–Kier alpha value is -5.07. The van der Waals surface area contributed by atoms with Gasteiger partial charge in [0.15, 0.2) is 6.07 Å². The number of pyridine rings is 1. The van der Waals surface area contributed by atoms with Crippen LogP contribution in [0, 0.1) is 12.0 Å². The standard InChI is InChI=1S/C36H37N7O2/c1-5-34(44)41-27-12-15-30-25(18-27)16-17-37-35(30)29-9-7-6-8-26(29)21-39-33-19-32(38-20-24-10-13-28(45-4)14-11-24)42-36-31(23(2)3)22-40-43(33)36/h5-9,12,15-19,22-24,28H,1,10-11,13-14,21H2,2-4H3,(H-,37,39,40,41,42,44)/p+1. The maximum atomic E-state index is 11.8. The van der Waals surface area contributed by atoms with Crippen molar-refractivity contribution in [3.05, 3.63) is 95.6 Å². The van der Waals surface area contributed by atoms with Crippen LogP contribution < -0.4 is 10.6 Å². The molecule has 2 N–H and O–H groups in total. The SMILES string of the molecule is C=CC(=O)Nc1ccc2c(-c3ccccc3CNc3cc([N+]#CC4CCC(OC)CC4)nc4c(C(C)C)cnn34)nccc2c1. The number of rotatable bonds is 8. The van der Waals surface area contributed by atoms with Gasteiger partial charge in [-0.2, -0.15) is 14.5 Å². The second-order valence-corrected chi connectivity index (χ2v) is 11.7. The first kappa shape index (κ1) is 30.0. The molecular weight excluding hydrogens is 562 g/mol. The third-order valence-corrected chi connectivity index (χ3v) is 8.43. The zero-order valence-electron chi connectivity index (χ0n) is 26.0. The Labute approximate surface area is 263 Å². The largest absolute Gasteiger partial charge is 0.431 e. The molecular formula is C36H38N7O2+. The maximum Gasteiger partial charge on any atom is 0.431 e. The number of hydrogen-bond donors (Lipinski definition) is 2. The molecule has 1 saturated carbocycles. The quantitative estimate of drug-likeness (QED) is 0.175. The van der Waals surface area contributed by atoms with Gasteiger partial charge in [-0.1, -0.05) is 50.8 Å². The molecule has 1 amide bonds. The van der Waals surface area contributed by atoms with E-state index in [1.807, 2.05) is 53.2 Å². The number of carbonyl (C=O) groups excluding carboxylic acids is 1. The summed E-state index contributed by atoms with van der Waals surface area (Å²) >= 11 is 0. The summed E-state index contributed by atoms with van der Waals surface area (Å²) in [5, 5.41) is 13.1. The van der Waals surface area contributed by atoms with E-state index >= 15 is 0 Å². The first-order chi connectivity index (χ1) is 21.9. The van der Waals surface area contributed by atoms with Crippen molar-refractivity contribution in [2.24, 2.45) is 5.92 Å². The Morgan fingerprint density at radius 1 is 1.16 bits per heavy atom. The lowest BCUT2D eigenvalue weighted by Crippen LogP contribution is -2.19. The van der Waals surface area contributed by atoms with Crippen LogP contribution in [0.2, 0.25) is 0 Å². The Bertz CT molecular complexity index is 1930. The fraction of sp³-hybridized carbons (Fsp3) is 0.306. The van der Waals surface area contributed by atoms with Gasteiger partial charge in [0.2, 0.25) is 5.91 Å². The number of fused-ring (bicyclic) bond motifs is 2. The summed E-state index contributed by atoms with van der Waals surface area (Å²) in [6.07, 6.45) is 9.38. The second kappa shape index (κ2) is 13.3. The molecule has 5 aromatic rings. The van der Waals surface area contributed by atoms with Crippen molar-refractivity contribution in [1.82, 2.24) is 19.6 Å². The topological polar surface area (TPSA) is 97.8 Å². The minimum atomic E-state index is -0.246. The van der Waals surface area contributed by atoms with Gasteiger partial charge in [-0.15, -0.1) is 0 Å². The third-order valence-electron chi connectivity index (χ3n) is 8.43. The number of anilines is 2. The van der Waals surface area contributed by atoms with Gasteiger partial charge >= 0.3 is 5.82 Å². The molecule has 0 radical (unpaired) electrons. The predicted molar refractivity (Wildman–Crippen MR) is 180 cm³/mol. The summed E-state index contributed by atoms with van der Waals surface area (Å²) in [6, 6.07) is 21.3. The third kappa shape index (κ3) is 6.56. The maximum absolute atomic E-state index is 11.8. The number of aromatic nitrogens is 4. The van der Waals surface area contributed by atoms with Gasteiger partial charge < -0.3 is 15.4 Å². The molecule has 3 heterocycles. The van der Waals surface area contributed by atoms with Gasteiger partial charge in [-0.25, -0.2) is 0 Å². The minimum absolute atomic E-state index is 0.246. The van der Waals surface area contributed by atoms with E-state index in [1.165, 1.54) is 6.08 Å². The highest BCUT2D eigenvalue weighted by molar-refractivity contribution is 6.02. The molecule has 228 valence electrons. The number of amides is 1. The van der Waals surface area contributed by atoms with Gasteiger partial charge in [0.25, 0.3) is 5.65 Å². The fourth-order valence-corrected chi connectivity index (χ4v) is 5.90. The number of ether oxygens (including phenoxy) is 1. The van der Waals surface area contributed by atoms with E-state index in [2.05, 4.69) is 54.4 Å². The van der Waals surface area contributed by atoms with Crippen LogP contribution in [0.4, 0.5) is 17.3 Å². The number of methoxy groups -OCH3 is 1. The van der Waals surface area contributed by atoms with E-state index in [0.29, 0.717) is 30.1 Å². The Balaban J connectivity index is 1.31. The van der Waals surface area contributed by atoms with E-state index in [1.54, 1.807) is 13.3 Å². The van der Waals surface area contributed by atoms with Gasteiger partial charge in [0, 0.05) is 42.1 Å². The minimum Gasteiger partial charge on any atom is -0.381 e. The molecule has 9 nitrogen and oxygen atoms in total. The Kier molecular flexibility index (Phi) is 8.85. The number of hydrogen-bond acceptors (Lipinski definition) is 6. The molecule has 0 aliphatic heterocycles. The van der Waals surface area contributed by atoms with Crippen LogP contribution in [0.3, 0.4) is 0 Å². The molecule has 0 atom stereocenters. The van der Waals surface area contributed by atoms with Crippen molar-refractivity contribution >= 4 is 39.6 Å². The molecule has 0 bridgehead atoms. The summed E-state index contributed by atoms with van der Waals surface area (Å²) in [7, 11) is 1.79. The smallest absolute Gasteiger partial charge is 0.381 e. The first-order valence-electron chi connectivity index (χ1n) is 15.5. The van der Waals surface area contributed by atoms with Crippen molar-refractivity contribution in [2.45, 2.75) is 58.1 Å². The molecule has 0 unspecified atom stereocenters. The van der Waals surface area contributed by atoms with Gasteiger partial charge in [-0.3, -0.25) is 9.78 Å². The second-order valence-electron chi connectivity index (χ2n) is 11.7. The number of nitrogens with zero attached hydrogens (tertiary/aromatic N) is 5. The Morgan fingerprint density at radius 3 is 2.76 bits per heavy atom. The molecule has 9 heteroatoms. The van der Waals surface area contributed by atoms with Crippen molar-refractivity contribution in [1.29, 1.82) is 0 Å². The monoisotopic (exact) mass is 600 g/mol. The molecule has 45 heavy (non-hydrogen) atoms. The van der Waals surface area contributed by atoms with Crippen LogP contribution in [0.15, 0.2) is 79.6 Å². The van der Waals surface area contributed by atoms with Gasteiger partial charge in [0.05, 0.1) is 30.0 Å². The fourth-order valence-electron chi connectivity index (χ4n) is 5.90. The van der Waals surface area contributed by atoms with Crippen LogP contribution in [-0.2, 0) is 16.1 Å². The highest BCUT2D eigenvalue weighted by atomic mass is 16.5. The highest BCUT2D eigenvalue weighted by Gasteiger charge is 2.24. The summed E-state index contributed by atoms with van der Waals surface area (Å²) in [6.45, 7) is 8.36. The molecule has 0 spiro atoms. The van der Waals surface area contributed by atoms with Gasteiger partial charge in [-0.05, 0) is 71.8 Å². The molecule has 3 aromatic heterocycles.